The molecule has 0 saturated heterocycles. The van der Waals surface area contributed by atoms with Crippen molar-refractivity contribution in [2.24, 2.45) is 0 Å². The number of hydrogen-bond donors (Lipinski definition) is 0. The molecular weight excluding hydrogens is 557 g/mol. The van der Waals surface area contributed by atoms with Crippen molar-refractivity contribution in [1.29, 1.82) is 0 Å². The molecule has 2 aromatic carbocycles. The predicted molar refractivity (Wildman–Crippen MR) is 163 cm³/mol. The fourth-order valence-electron chi connectivity index (χ4n) is 4.67. The highest BCUT2D eigenvalue weighted by atomic mass is 32.1. The predicted octanol–water partition coefficient (Wildman–Crippen LogP) is 8.41. The standard InChI is InChI=1S/C32H46NO6PS/c1-4-5-6-7-8-9-10-11-12-13-14-15-21-37-31-20-19-30(23-32(31)36-3)39-40(34,35)38-29-18-16-17-28(22-29)25-33-24-27(2)41-26-33/h16-20,22-24,26H,4-15,21,25H2,1-3H3. The molecule has 0 aliphatic rings. The van der Waals surface area contributed by atoms with Crippen LogP contribution in [0.3, 0.4) is 0 Å². The molecule has 1 aromatic heterocycles. The number of benzene rings is 2. The fourth-order valence-corrected chi connectivity index (χ4v) is 6.08. The number of unbranched alkanes of at least 4 members (excludes halogenated alkanes) is 11. The van der Waals surface area contributed by atoms with Crippen molar-refractivity contribution in [2.45, 2.75) is 97.4 Å². The van der Waals surface area contributed by atoms with Gasteiger partial charge in [0.1, 0.15) is 11.5 Å². The third-order valence-electron chi connectivity index (χ3n) is 6.81. The van der Waals surface area contributed by atoms with E-state index in [4.69, 9.17) is 18.5 Å². The van der Waals surface area contributed by atoms with Crippen LogP contribution < -0.4 is 28.0 Å². The average Bonchev–Trinajstić information content (AvgIpc) is 3.35. The summed E-state index contributed by atoms with van der Waals surface area (Å²) in [5.41, 5.74) is 2.94. The first kappa shape index (κ1) is 33.0. The molecule has 0 spiro atoms. The van der Waals surface area contributed by atoms with E-state index < -0.39 is 7.82 Å². The number of aryl methyl sites for hydroxylation is 1. The number of hydrogen-bond acceptors (Lipinski definition) is 7. The van der Waals surface area contributed by atoms with Gasteiger partial charge in [-0.2, -0.15) is 4.57 Å². The number of ether oxygens (including phenoxy) is 2. The van der Waals surface area contributed by atoms with Crippen molar-refractivity contribution >= 4 is 19.2 Å². The van der Waals surface area contributed by atoms with Crippen LogP contribution in [-0.2, 0) is 11.1 Å². The summed E-state index contributed by atoms with van der Waals surface area (Å²) in [6.45, 7) is 5.49. The number of phosphoric acid groups is 1. The molecular formula is C32H46NO6PS. The maximum atomic E-state index is 12.6. The average molecular weight is 604 g/mol. The number of aromatic nitrogens is 1. The molecule has 226 valence electrons. The van der Waals surface area contributed by atoms with Gasteiger partial charge in [0.25, 0.3) is 0 Å². The molecule has 0 aliphatic carbocycles. The van der Waals surface area contributed by atoms with E-state index in [1.54, 1.807) is 41.7 Å². The van der Waals surface area contributed by atoms with E-state index >= 15 is 0 Å². The first-order chi connectivity index (χ1) is 19.9. The molecule has 3 rings (SSSR count). The summed E-state index contributed by atoms with van der Waals surface area (Å²) in [5, 5.41) is 0. The Morgan fingerprint density at radius 1 is 0.829 bits per heavy atom. The molecule has 9 heteroatoms. The van der Waals surface area contributed by atoms with Gasteiger partial charge in [-0.25, -0.2) is 4.57 Å². The molecule has 0 bridgehead atoms. The van der Waals surface area contributed by atoms with Gasteiger partial charge in [0.05, 0.1) is 18.6 Å². The highest BCUT2D eigenvalue weighted by molar-refractivity contribution is 7.46. The summed E-state index contributed by atoms with van der Waals surface area (Å²) in [7, 11) is -3.17. The van der Waals surface area contributed by atoms with Crippen LogP contribution in [0.5, 0.6) is 23.0 Å². The van der Waals surface area contributed by atoms with Gasteiger partial charge in [-0.05, 0) is 37.6 Å². The molecule has 0 amide bonds. The van der Waals surface area contributed by atoms with Crippen molar-refractivity contribution in [3.05, 3.63) is 64.6 Å². The number of methoxy groups -OCH3 is 1. The van der Waals surface area contributed by atoms with Crippen molar-refractivity contribution in [2.75, 3.05) is 13.7 Å². The fraction of sp³-hybridized carbons (Fsp3) is 0.531. The van der Waals surface area contributed by atoms with Crippen molar-refractivity contribution in [3.63, 3.8) is 0 Å². The second-order valence-electron chi connectivity index (χ2n) is 10.5. The lowest BCUT2D eigenvalue weighted by molar-refractivity contribution is -0.683. The summed E-state index contributed by atoms with van der Waals surface area (Å²) in [5.74, 6) is 1.26. The summed E-state index contributed by atoms with van der Waals surface area (Å²) >= 11 is 1.65. The van der Waals surface area contributed by atoms with E-state index in [9.17, 15) is 9.46 Å². The highest BCUT2D eigenvalue weighted by Crippen LogP contribution is 2.43. The van der Waals surface area contributed by atoms with Gasteiger partial charge in [-0.15, -0.1) is 0 Å². The van der Waals surface area contributed by atoms with Crippen LogP contribution in [0.2, 0.25) is 0 Å². The van der Waals surface area contributed by atoms with Crippen LogP contribution in [0, 0.1) is 6.92 Å². The van der Waals surface area contributed by atoms with E-state index in [-0.39, 0.29) is 11.5 Å². The number of nitrogens with zero attached hydrogens (tertiary/aromatic N) is 1. The van der Waals surface area contributed by atoms with Gasteiger partial charge in [0.15, 0.2) is 24.2 Å². The molecule has 0 aliphatic heterocycles. The Balaban J connectivity index is 1.38. The normalized spacial score (nSPS) is 12.6. The molecule has 41 heavy (non-hydrogen) atoms. The Bertz CT molecular complexity index is 1220. The van der Waals surface area contributed by atoms with Crippen molar-refractivity contribution in [3.8, 4) is 23.0 Å². The van der Waals surface area contributed by atoms with Gasteiger partial charge >= 0.3 is 7.82 Å². The summed E-state index contributed by atoms with van der Waals surface area (Å²) in [6, 6.07) is 11.7. The number of rotatable bonds is 21. The zero-order chi connectivity index (χ0) is 29.3. The van der Waals surface area contributed by atoms with Crippen LogP contribution in [0.1, 0.15) is 94.4 Å². The molecule has 0 N–H and O–H groups in total. The van der Waals surface area contributed by atoms with E-state index in [1.165, 1.54) is 82.3 Å². The van der Waals surface area contributed by atoms with E-state index in [0.29, 0.717) is 24.7 Å². The second-order valence-corrected chi connectivity index (χ2v) is 12.8. The molecule has 1 unspecified atom stereocenters. The van der Waals surface area contributed by atoms with Gasteiger partial charge < -0.3 is 23.4 Å². The van der Waals surface area contributed by atoms with Crippen LogP contribution in [0.25, 0.3) is 0 Å². The summed E-state index contributed by atoms with van der Waals surface area (Å²) in [6.07, 6.45) is 17.5. The van der Waals surface area contributed by atoms with Crippen LogP contribution in [0.4, 0.5) is 0 Å². The zero-order valence-electron chi connectivity index (χ0n) is 24.8. The maximum absolute atomic E-state index is 12.6. The highest BCUT2D eigenvalue weighted by Gasteiger charge is 2.16. The molecule has 1 heterocycles. The van der Waals surface area contributed by atoms with Crippen LogP contribution in [-0.4, -0.2) is 13.7 Å². The van der Waals surface area contributed by atoms with Gasteiger partial charge in [0, 0.05) is 11.6 Å². The third-order valence-corrected chi connectivity index (χ3v) is 8.53. The Kier molecular flexibility index (Phi) is 14.5. The number of thiazole rings is 1. The van der Waals surface area contributed by atoms with Crippen molar-refractivity contribution < 1.29 is 32.5 Å². The molecule has 7 nitrogen and oxygen atoms in total. The SMILES string of the molecule is CCCCCCCCCCCCCCOc1ccc(OP(=O)([O-])Oc2cccc(C[n+]3csc(C)c3)c2)cc1OC. The minimum absolute atomic E-state index is 0.0957. The molecule has 0 radical (unpaired) electrons. The third kappa shape index (κ3) is 12.9. The first-order valence-corrected chi connectivity index (χ1v) is 17.3. The Hall–Kier alpha value is -2.54. The lowest BCUT2D eigenvalue weighted by atomic mass is 10.1. The Labute approximate surface area is 250 Å². The lowest BCUT2D eigenvalue weighted by Crippen LogP contribution is -2.30. The molecule has 3 aromatic rings. The second kappa shape index (κ2) is 18.1. The molecule has 1 atom stereocenters. The minimum atomic E-state index is -4.68. The Morgan fingerprint density at radius 3 is 2.07 bits per heavy atom. The zero-order valence-corrected chi connectivity index (χ0v) is 26.6. The van der Waals surface area contributed by atoms with Crippen LogP contribution >= 0.6 is 19.2 Å². The van der Waals surface area contributed by atoms with E-state index in [2.05, 4.69) is 6.92 Å². The van der Waals surface area contributed by atoms with Crippen LogP contribution in [0.15, 0.2) is 54.2 Å². The maximum Gasteiger partial charge on any atom is 0.372 e. The van der Waals surface area contributed by atoms with E-state index in [0.717, 1.165) is 18.4 Å². The summed E-state index contributed by atoms with van der Waals surface area (Å²) < 4.78 is 36.5. The van der Waals surface area contributed by atoms with Gasteiger partial charge in [-0.1, -0.05) is 101 Å². The molecule has 0 fully saturated rings. The van der Waals surface area contributed by atoms with Crippen molar-refractivity contribution in [1.82, 2.24) is 0 Å². The Morgan fingerprint density at radius 2 is 1.46 bits per heavy atom. The molecule has 0 saturated carbocycles. The summed E-state index contributed by atoms with van der Waals surface area (Å²) in [4.78, 5) is 13.8. The smallest absolute Gasteiger partial charge is 0.372 e. The van der Waals surface area contributed by atoms with E-state index in [1.807, 2.05) is 29.3 Å². The largest absolute Gasteiger partial charge is 0.736 e. The van der Waals surface area contributed by atoms with Gasteiger partial charge in [-0.3, -0.25) is 0 Å². The first-order valence-electron chi connectivity index (χ1n) is 14.9. The van der Waals surface area contributed by atoms with Gasteiger partial charge in [0.2, 0.25) is 5.51 Å². The minimum Gasteiger partial charge on any atom is -0.736 e. The lowest BCUT2D eigenvalue weighted by Gasteiger charge is -2.24. The number of phosphoric ester groups is 1. The topological polar surface area (TPSA) is 80.9 Å². The quantitative estimate of drug-likeness (QED) is 0.0691. The monoisotopic (exact) mass is 603 g/mol.